The molecular weight excluding hydrogens is 366 g/mol. The summed E-state index contributed by atoms with van der Waals surface area (Å²) in [6, 6.07) is 10.3. The largest absolute Gasteiger partial charge is 0.497 e. The van der Waals surface area contributed by atoms with Gasteiger partial charge in [0.2, 0.25) is 10.0 Å². The van der Waals surface area contributed by atoms with E-state index in [9.17, 15) is 8.42 Å². The Morgan fingerprint density at radius 3 is 2.07 bits per heavy atom. The van der Waals surface area contributed by atoms with E-state index in [-0.39, 0.29) is 16.9 Å². The van der Waals surface area contributed by atoms with Crippen LogP contribution >= 0.6 is 0 Å². The number of sulfonamides is 1. The van der Waals surface area contributed by atoms with Crippen molar-refractivity contribution in [1.82, 2.24) is 4.31 Å². The van der Waals surface area contributed by atoms with Crippen LogP contribution in [0.5, 0.6) is 17.2 Å². The van der Waals surface area contributed by atoms with Crippen molar-refractivity contribution >= 4 is 10.0 Å². The predicted molar refractivity (Wildman–Crippen MR) is 103 cm³/mol. The van der Waals surface area contributed by atoms with Crippen molar-refractivity contribution in [3.63, 3.8) is 0 Å². The summed E-state index contributed by atoms with van der Waals surface area (Å²) in [6.45, 7) is 4.73. The van der Waals surface area contributed by atoms with Gasteiger partial charge in [-0.3, -0.25) is 0 Å². The fourth-order valence-corrected chi connectivity index (χ4v) is 5.10. The molecule has 0 spiro atoms. The Kier molecular flexibility index (Phi) is 5.10. The number of nitrogens with zero attached hydrogens (tertiary/aromatic N) is 1. The van der Waals surface area contributed by atoms with Crippen molar-refractivity contribution in [3.05, 3.63) is 47.5 Å². The molecule has 146 valence electrons. The van der Waals surface area contributed by atoms with E-state index < -0.39 is 10.0 Å². The molecule has 0 bridgehead atoms. The van der Waals surface area contributed by atoms with E-state index >= 15 is 0 Å². The van der Waals surface area contributed by atoms with Gasteiger partial charge in [-0.05, 0) is 47.5 Å². The highest BCUT2D eigenvalue weighted by Gasteiger charge is 2.38. The molecule has 3 rings (SSSR count). The molecule has 2 aromatic carbocycles. The number of hydrogen-bond acceptors (Lipinski definition) is 5. The molecule has 0 aliphatic carbocycles. The van der Waals surface area contributed by atoms with Gasteiger partial charge in [0.25, 0.3) is 0 Å². The molecule has 0 radical (unpaired) electrons. The van der Waals surface area contributed by atoms with E-state index in [1.807, 2.05) is 26.0 Å². The third-order valence-electron chi connectivity index (χ3n) is 4.95. The molecule has 0 fully saturated rings. The van der Waals surface area contributed by atoms with E-state index in [4.69, 9.17) is 14.2 Å². The predicted octanol–water partition coefficient (Wildman–Crippen LogP) is 3.19. The molecular formula is C20H25NO5S. The summed E-state index contributed by atoms with van der Waals surface area (Å²) in [6.07, 6.45) is 0. The van der Waals surface area contributed by atoms with Crippen LogP contribution in [0.3, 0.4) is 0 Å². The number of rotatable bonds is 5. The van der Waals surface area contributed by atoms with Crippen molar-refractivity contribution in [2.24, 2.45) is 0 Å². The zero-order chi connectivity index (χ0) is 19.8. The summed E-state index contributed by atoms with van der Waals surface area (Å²) < 4.78 is 43.8. The molecule has 0 N–H and O–H groups in total. The number of ether oxygens (including phenoxy) is 3. The second-order valence-corrected chi connectivity index (χ2v) is 9.13. The number of methoxy groups -OCH3 is 3. The van der Waals surface area contributed by atoms with Crippen molar-refractivity contribution in [2.45, 2.75) is 30.7 Å². The third-order valence-corrected chi connectivity index (χ3v) is 6.76. The fraction of sp³-hybridized carbons (Fsp3) is 0.400. The highest BCUT2D eigenvalue weighted by Crippen LogP contribution is 2.41. The first-order valence-electron chi connectivity index (χ1n) is 8.62. The van der Waals surface area contributed by atoms with Crippen molar-refractivity contribution < 1.29 is 22.6 Å². The maximum absolute atomic E-state index is 13.2. The lowest BCUT2D eigenvalue weighted by atomic mass is 9.79. The number of benzene rings is 2. The lowest BCUT2D eigenvalue weighted by molar-refractivity contribution is 0.294. The maximum atomic E-state index is 13.2. The molecule has 0 saturated heterocycles. The SMILES string of the molecule is COc1ccc(S(=O)(=O)N2Cc3cc(OC)c(OC)cc3C(C)(C)C2)cc1. The van der Waals surface area contributed by atoms with Crippen LogP contribution < -0.4 is 14.2 Å². The van der Waals surface area contributed by atoms with Gasteiger partial charge in [-0.1, -0.05) is 13.8 Å². The van der Waals surface area contributed by atoms with Crippen LogP contribution in [0.2, 0.25) is 0 Å². The molecule has 1 aliphatic heterocycles. The minimum atomic E-state index is -3.63. The Balaban J connectivity index is 2.02. The standard InChI is InChI=1S/C20H25NO5S/c1-20(2)13-21(27(22,23)16-8-6-15(24-3)7-9-16)12-14-10-18(25-4)19(26-5)11-17(14)20/h6-11H,12-13H2,1-5H3. The summed E-state index contributed by atoms with van der Waals surface area (Å²) in [5, 5.41) is 0. The van der Waals surface area contributed by atoms with Crippen LogP contribution in [-0.2, 0) is 22.0 Å². The average molecular weight is 391 g/mol. The van der Waals surface area contributed by atoms with Gasteiger partial charge in [0.05, 0.1) is 26.2 Å². The number of hydrogen-bond donors (Lipinski definition) is 0. The van der Waals surface area contributed by atoms with Crippen LogP contribution in [-0.4, -0.2) is 40.6 Å². The second kappa shape index (κ2) is 7.05. The Bertz CT molecular complexity index is 936. The summed E-state index contributed by atoms with van der Waals surface area (Å²) in [4.78, 5) is 0.253. The van der Waals surface area contributed by atoms with Gasteiger partial charge in [0.1, 0.15) is 5.75 Å². The Morgan fingerprint density at radius 1 is 0.926 bits per heavy atom. The van der Waals surface area contributed by atoms with E-state index in [2.05, 4.69) is 0 Å². The van der Waals surface area contributed by atoms with Gasteiger partial charge in [-0.2, -0.15) is 4.31 Å². The summed E-state index contributed by atoms with van der Waals surface area (Å²) in [5.74, 6) is 1.86. The van der Waals surface area contributed by atoms with Gasteiger partial charge in [0.15, 0.2) is 11.5 Å². The van der Waals surface area contributed by atoms with E-state index in [1.54, 1.807) is 45.6 Å². The molecule has 2 aromatic rings. The van der Waals surface area contributed by atoms with Gasteiger partial charge in [-0.15, -0.1) is 0 Å². The average Bonchev–Trinajstić information content (AvgIpc) is 2.66. The maximum Gasteiger partial charge on any atom is 0.243 e. The second-order valence-electron chi connectivity index (χ2n) is 7.20. The highest BCUT2D eigenvalue weighted by molar-refractivity contribution is 7.89. The summed E-state index contributed by atoms with van der Waals surface area (Å²) >= 11 is 0. The fourth-order valence-electron chi connectivity index (χ4n) is 3.52. The Morgan fingerprint density at radius 2 is 1.52 bits per heavy atom. The van der Waals surface area contributed by atoms with Gasteiger partial charge < -0.3 is 14.2 Å². The van der Waals surface area contributed by atoms with E-state index in [1.165, 1.54) is 4.31 Å². The molecule has 0 unspecified atom stereocenters. The minimum Gasteiger partial charge on any atom is -0.497 e. The van der Waals surface area contributed by atoms with Crippen LogP contribution in [0.25, 0.3) is 0 Å². The molecule has 1 aliphatic rings. The normalized spacial score (nSPS) is 16.5. The van der Waals surface area contributed by atoms with Crippen molar-refractivity contribution in [3.8, 4) is 17.2 Å². The van der Waals surface area contributed by atoms with Gasteiger partial charge in [-0.25, -0.2) is 8.42 Å². The third kappa shape index (κ3) is 3.49. The summed E-state index contributed by atoms with van der Waals surface area (Å²) in [5.41, 5.74) is 1.62. The van der Waals surface area contributed by atoms with Crippen LogP contribution in [0.1, 0.15) is 25.0 Å². The van der Waals surface area contributed by atoms with Gasteiger partial charge >= 0.3 is 0 Å². The van der Waals surface area contributed by atoms with Crippen molar-refractivity contribution in [2.75, 3.05) is 27.9 Å². The summed E-state index contributed by atoms with van der Waals surface area (Å²) in [7, 11) is 1.09. The quantitative estimate of drug-likeness (QED) is 0.783. The lowest BCUT2D eigenvalue weighted by Gasteiger charge is -2.39. The van der Waals surface area contributed by atoms with E-state index in [0.29, 0.717) is 23.8 Å². The van der Waals surface area contributed by atoms with Crippen LogP contribution in [0.4, 0.5) is 0 Å². The molecule has 0 aromatic heterocycles. The van der Waals surface area contributed by atoms with Crippen molar-refractivity contribution in [1.29, 1.82) is 0 Å². The molecule has 6 nitrogen and oxygen atoms in total. The van der Waals surface area contributed by atoms with E-state index in [0.717, 1.165) is 11.1 Å². The molecule has 7 heteroatoms. The molecule has 0 saturated carbocycles. The molecule has 27 heavy (non-hydrogen) atoms. The smallest absolute Gasteiger partial charge is 0.243 e. The van der Waals surface area contributed by atoms with Crippen LogP contribution in [0, 0.1) is 0 Å². The number of fused-ring (bicyclic) bond motifs is 1. The topological polar surface area (TPSA) is 65.1 Å². The monoisotopic (exact) mass is 391 g/mol. The molecule has 0 atom stereocenters. The minimum absolute atomic E-state index is 0.253. The van der Waals surface area contributed by atoms with Crippen LogP contribution in [0.15, 0.2) is 41.3 Å². The zero-order valence-electron chi connectivity index (χ0n) is 16.3. The zero-order valence-corrected chi connectivity index (χ0v) is 17.1. The highest BCUT2D eigenvalue weighted by atomic mass is 32.2. The molecule has 1 heterocycles. The Labute approximate surface area is 160 Å². The van der Waals surface area contributed by atoms with Gasteiger partial charge in [0, 0.05) is 18.5 Å². The first-order valence-corrected chi connectivity index (χ1v) is 10.1. The Hall–Kier alpha value is -2.25. The lowest BCUT2D eigenvalue weighted by Crippen LogP contribution is -2.45. The first-order chi connectivity index (χ1) is 12.7. The molecule has 0 amide bonds. The first kappa shape index (κ1) is 19.5.